The topological polar surface area (TPSA) is 20.2 Å². The van der Waals surface area contributed by atoms with Crippen LogP contribution in [0.3, 0.4) is 0 Å². The molecular weight excluding hydrogens is 241 g/mol. The van der Waals surface area contributed by atoms with Crippen molar-refractivity contribution in [1.82, 2.24) is 0 Å². The van der Waals surface area contributed by atoms with Gasteiger partial charge in [0.25, 0.3) is 0 Å². The fourth-order valence-corrected chi connectivity index (χ4v) is 2.97. The van der Waals surface area contributed by atoms with E-state index < -0.39 is 17.2 Å². The summed E-state index contributed by atoms with van der Waals surface area (Å²) in [6.07, 6.45) is -4.00. The summed E-state index contributed by atoms with van der Waals surface area (Å²) in [5.74, 6) is 0. The lowest BCUT2D eigenvalue weighted by Crippen LogP contribution is -2.44. The van der Waals surface area contributed by atoms with Gasteiger partial charge in [0.15, 0.2) is 5.60 Å². The maximum Gasteiger partial charge on any atom is 0.417 e. The van der Waals surface area contributed by atoms with Crippen LogP contribution in [0.1, 0.15) is 38.2 Å². The van der Waals surface area contributed by atoms with E-state index in [0.29, 0.717) is 12.8 Å². The van der Waals surface area contributed by atoms with Crippen LogP contribution >= 0.6 is 0 Å². The zero-order valence-corrected chi connectivity index (χ0v) is 10.3. The molecule has 1 saturated carbocycles. The molecule has 0 amide bonds. The van der Waals surface area contributed by atoms with Gasteiger partial charge in [0.2, 0.25) is 0 Å². The Morgan fingerprint density at radius 3 is 2.22 bits per heavy atom. The average Bonchev–Trinajstić information content (AvgIpc) is 2.70. The van der Waals surface area contributed by atoms with Crippen LogP contribution in [-0.4, -0.2) is 16.9 Å². The molecule has 2 rings (SSSR count). The van der Waals surface area contributed by atoms with Crippen LogP contribution in [0.5, 0.6) is 0 Å². The van der Waals surface area contributed by atoms with Crippen molar-refractivity contribution in [2.75, 3.05) is 0 Å². The molecular formula is C14H17F3O. The standard InChI is InChI=1S/C14H17F3O/c1-2-12(11-6-4-3-5-7-11)8-9-13(18,10-12)14(15,16)17/h3-7,18H,2,8-10H2,1H3. The van der Waals surface area contributed by atoms with Gasteiger partial charge in [-0.1, -0.05) is 37.3 Å². The van der Waals surface area contributed by atoms with Gasteiger partial charge in [0.05, 0.1) is 0 Å². The second kappa shape index (κ2) is 4.26. The highest BCUT2D eigenvalue weighted by molar-refractivity contribution is 5.28. The first-order valence-corrected chi connectivity index (χ1v) is 6.18. The van der Waals surface area contributed by atoms with Crippen molar-refractivity contribution in [3.63, 3.8) is 0 Å². The summed E-state index contributed by atoms with van der Waals surface area (Å²) >= 11 is 0. The fraction of sp³-hybridized carbons (Fsp3) is 0.571. The Morgan fingerprint density at radius 2 is 1.78 bits per heavy atom. The lowest BCUT2D eigenvalue weighted by atomic mass is 9.75. The van der Waals surface area contributed by atoms with Gasteiger partial charge in [-0.25, -0.2) is 0 Å². The minimum absolute atomic E-state index is 0.209. The van der Waals surface area contributed by atoms with Crippen molar-refractivity contribution < 1.29 is 18.3 Å². The Morgan fingerprint density at radius 1 is 1.17 bits per heavy atom. The highest BCUT2D eigenvalue weighted by Crippen LogP contribution is 2.53. The van der Waals surface area contributed by atoms with E-state index >= 15 is 0 Å². The Labute approximate surface area is 105 Å². The quantitative estimate of drug-likeness (QED) is 0.855. The smallest absolute Gasteiger partial charge is 0.380 e. The lowest BCUT2D eigenvalue weighted by molar-refractivity contribution is -0.258. The minimum atomic E-state index is -4.54. The van der Waals surface area contributed by atoms with Gasteiger partial charge in [0, 0.05) is 0 Å². The van der Waals surface area contributed by atoms with Crippen LogP contribution in [-0.2, 0) is 5.41 Å². The van der Waals surface area contributed by atoms with Gasteiger partial charge < -0.3 is 5.11 Å². The third-order valence-electron chi connectivity index (χ3n) is 4.24. The molecule has 1 aromatic rings. The van der Waals surface area contributed by atoms with Gasteiger partial charge in [-0.3, -0.25) is 0 Å². The molecule has 0 heterocycles. The first-order valence-electron chi connectivity index (χ1n) is 6.18. The van der Waals surface area contributed by atoms with Crippen molar-refractivity contribution in [2.24, 2.45) is 0 Å². The van der Waals surface area contributed by atoms with E-state index in [1.54, 1.807) is 0 Å². The third-order valence-corrected chi connectivity index (χ3v) is 4.24. The minimum Gasteiger partial charge on any atom is -0.380 e. The molecule has 2 atom stereocenters. The number of hydrogen-bond acceptors (Lipinski definition) is 1. The summed E-state index contributed by atoms with van der Waals surface area (Å²) in [5, 5.41) is 9.83. The van der Waals surface area contributed by atoms with Gasteiger partial charge in [0.1, 0.15) is 0 Å². The molecule has 0 radical (unpaired) electrons. The molecule has 0 aromatic heterocycles. The monoisotopic (exact) mass is 258 g/mol. The normalized spacial score (nSPS) is 32.7. The molecule has 2 unspecified atom stereocenters. The Balaban J connectivity index is 2.34. The number of hydrogen-bond donors (Lipinski definition) is 1. The number of rotatable bonds is 2. The van der Waals surface area contributed by atoms with E-state index in [9.17, 15) is 18.3 Å². The maximum absolute atomic E-state index is 12.9. The van der Waals surface area contributed by atoms with E-state index in [4.69, 9.17) is 0 Å². The summed E-state index contributed by atoms with van der Waals surface area (Å²) in [4.78, 5) is 0. The van der Waals surface area contributed by atoms with Crippen LogP contribution in [0, 0.1) is 0 Å². The van der Waals surface area contributed by atoms with E-state index in [2.05, 4.69) is 0 Å². The van der Waals surface area contributed by atoms with Gasteiger partial charge in [-0.05, 0) is 36.7 Å². The Bertz CT molecular complexity index is 415. The molecule has 100 valence electrons. The molecule has 0 aliphatic heterocycles. The summed E-state index contributed by atoms with van der Waals surface area (Å²) in [6.45, 7) is 1.88. The molecule has 1 nitrogen and oxygen atoms in total. The Hall–Kier alpha value is -1.03. The molecule has 0 spiro atoms. The molecule has 4 heteroatoms. The van der Waals surface area contributed by atoms with Crippen LogP contribution < -0.4 is 0 Å². The first-order chi connectivity index (χ1) is 8.33. The fourth-order valence-electron chi connectivity index (χ4n) is 2.97. The van der Waals surface area contributed by atoms with E-state index in [1.807, 2.05) is 37.3 Å². The van der Waals surface area contributed by atoms with Crippen molar-refractivity contribution in [2.45, 2.75) is 49.8 Å². The lowest BCUT2D eigenvalue weighted by Gasteiger charge is -2.32. The molecule has 1 N–H and O–H groups in total. The zero-order chi connectivity index (χ0) is 13.4. The molecule has 1 aromatic carbocycles. The van der Waals surface area contributed by atoms with Crippen molar-refractivity contribution >= 4 is 0 Å². The predicted octanol–water partition coefficient (Wildman–Crippen LogP) is 3.81. The average molecular weight is 258 g/mol. The Kier molecular flexibility index (Phi) is 3.18. The van der Waals surface area contributed by atoms with Crippen LogP contribution in [0.4, 0.5) is 13.2 Å². The summed E-state index contributed by atoms with van der Waals surface area (Å²) in [7, 11) is 0. The van der Waals surface area contributed by atoms with E-state index in [1.165, 1.54) is 0 Å². The van der Waals surface area contributed by atoms with Gasteiger partial charge in [-0.15, -0.1) is 0 Å². The van der Waals surface area contributed by atoms with E-state index in [0.717, 1.165) is 5.56 Å². The van der Waals surface area contributed by atoms with Crippen molar-refractivity contribution in [1.29, 1.82) is 0 Å². The van der Waals surface area contributed by atoms with Crippen molar-refractivity contribution in [3.8, 4) is 0 Å². The molecule has 1 aliphatic carbocycles. The highest BCUT2D eigenvalue weighted by Gasteiger charge is 2.61. The third kappa shape index (κ3) is 2.03. The number of benzene rings is 1. The van der Waals surface area contributed by atoms with Crippen molar-refractivity contribution in [3.05, 3.63) is 35.9 Å². The first kappa shape index (κ1) is 13.4. The molecule has 18 heavy (non-hydrogen) atoms. The second-order valence-electron chi connectivity index (χ2n) is 5.21. The van der Waals surface area contributed by atoms with Crippen LogP contribution in [0.25, 0.3) is 0 Å². The number of halogens is 3. The van der Waals surface area contributed by atoms with Crippen LogP contribution in [0.15, 0.2) is 30.3 Å². The largest absolute Gasteiger partial charge is 0.417 e. The zero-order valence-electron chi connectivity index (χ0n) is 10.3. The SMILES string of the molecule is CCC1(c2ccccc2)CCC(O)(C(F)(F)F)C1. The maximum atomic E-state index is 12.9. The molecule has 0 saturated heterocycles. The molecule has 1 aliphatic rings. The molecule has 0 bridgehead atoms. The highest BCUT2D eigenvalue weighted by atomic mass is 19.4. The number of alkyl halides is 3. The predicted molar refractivity (Wildman–Crippen MR) is 63.3 cm³/mol. The summed E-state index contributed by atoms with van der Waals surface area (Å²) in [5.41, 5.74) is -2.18. The number of aliphatic hydroxyl groups is 1. The van der Waals surface area contributed by atoms with Crippen LogP contribution in [0.2, 0.25) is 0 Å². The van der Waals surface area contributed by atoms with Gasteiger partial charge in [-0.2, -0.15) is 13.2 Å². The summed E-state index contributed by atoms with van der Waals surface area (Å²) in [6, 6.07) is 9.21. The van der Waals surface area contributed by atoms with Gasteiger partial charge >= 0.3 is 6.18 Å². The molecule has 1 fully saturated rings. The summed E-state index contributed by atoms with van der Waals surface area (Å²) < 4.78 is 38.7. The van der Waals surface area contributed by atoms with E-state index in [-0.39, 0.29) is 12.8 Å². The second-order valence-corrected chi connectivity index (χ2v) is 5.21.